The van der Waals surface area contributed by atoms with Gasteiger partial charge in [0.15, 0.2) is 0 Å². The molecule has 0 aliphatic carbocycles. The fraction of sp³-hybridized carbons (Fsp3) is 0. The number of hydrogen-bond acceptors (Lipinski definition) is 2. The van der Waals surface area contributed by atoms with Crippen LogP contribution in [0.25, 0.3) is 119 Å². The van der Waals surface area contributed by atoms with Crippen LogP contribution in [0.2, 0.25) is 0 Å². The second-order valence-electron chi connectivity index (χ2n) is 14.7. The Morgan fingerprint density at radius 2 is 0.357 bits per heavy atom. The molecule has 0 unspecified atom stereocenters. The third-order valence-corrected chi connectivity index (χ3v) is 11.9. The Kier molecular flexibility index (Phi) is 6.66. The van der Waals surface area contributed by atoms with Gasteiger partial charge in [-0.1, -0.05) is 182 Å². The Bertz CT molecular complexity index is 3400. The predicted molar refractivity (Wildman–Crippen MR) is 241 cm³/mol. The summed E-state index contributed by atoms with van der Waals surface area (Å²) in [4.78, 5) is 10.2. The van der Waals surface area contributed by atoms with Gasteiger partial charge >= 0.3 is 0 Å². The molecule has 2 nitrogen and oxygen atoms in total. The van der Waals surface area contributed by atoms with Crippen molar-refractivity contribution in [2.75, 3.05) is 0 Å². The van der Waals surface area contributed by atoms with Crippen LogP contribution in [0, 0.1) is 0 Å². The quantitative estimate of drug-likeness (QED) is 0.147. The van der Waals surface area contributed by atoms with Gasteiger partial charge in [-0.3, -0.25) is 9.97 Å². The highest BCUT2D eigenvalue weighted by atomic mass is 14.8. The van der Waals surface area contributed by atoms with Crippen LogP contribution in [0.1, 0.15) is 0 Å². The monoisotopic (exact) mass is 708 g/mol. The Morgan fingerprint density at radius 1 is 0.179 bits per heavy atom. The van der Waals surface area contributed by atoms with Gasteiger partial charge in [0.05, 0.1) is 11.0 Å². The zero-order valence-electron chi connectivity index (χ0n) is 30.4. The fourth-order valence-corrected chi connectivity index (χ4v) is 9.70. The minimum atomic E-state index is 0.887. The lowest BCUT2D eigenvalue weighted by molar-refractivity contribution is 1.31. The van der Waals surface area contributed by atoms with E-state index in [1.165, 1.54) is 86.2 Å². The van der Waals surface area contributed by atoms with E-state index in [-0.39, 0.29) is 0 Å². The van der Waals surface area contributed by atoms with Crippen molar-refractivity contribution in [2.45, 2.75) is 0 Å². The van der Waals surface area contributed by atoms with Gasteiger partial charge in [-0.05, 0) is 97.0 Å². The molecule has 6 bridgehead atoms. The van der Waals surface area contributed by atoms with Crippen LogP contribution in [0.15, 0.2) is 194 Å². The van der Waals surface area contributed by atoms with Crippen molar-refractivity contribution in [3.8, 4) is 0 Å². The van der Waals surface area contributed by atoms with Gasteiger partial charge in [0.1, 0.15) is 0 Å². The minimum absolute atomic E-state index is 0.887. The maximum atomic E-state index is 5.10. The highest BCUT2D eigenvalue weighted by Crippen LogP contribution is 2.45. The zero-order valence-corrected chi connectivity index (χ0v) is 30.4. The highest BCUT2D eigenvalue weighted by Gasteiger charge is 2.17. The third kappa shape index (κ3) is 4.33. The van der Waals surface area contributed by atoms with E-state index in [1.807, 2.05) is 12.4 Å². The molecule has 0 N–H and O–H groups in total. The first-order chi connectivity index (χ1) is 27.8. The number of benzene rings is 10. The van der Waals surface area contributed by atoms with E-state index < -0.39 is 0 Å². The van der Waals surface area contributed by atoms with Crippen LogP contribution in [0.3, 0.4) is 0 Å². The molecular weight excluding hydrogens is 677 g/mol. The van der Waals surface area contributed by atoms with Crippen LogP contribution in [-0.4, -0.2) is 9.97 Å². The van der Waals surface area contributed by atoms with E-state index in [4.69, 9.17) is 9.97 Å². The minimum Gasteiger partial charge on any atom is -0.252 e. The van der Waals surface area contributed by atoms with Gasteiger partial charge in [-0.2, -0.15) is 0 Å². The largest absolute Gasteiger partial charge is 0.252 e. The summed E-state index contributed by atoms with van der Waals surface area (Å²) in [6.45, 7) is 0. The van der Waals surface area contributed by atoms with Crippen LogP contribution in [0.5, 0.6) is 0 Å². The molecule has 258 valence electrons. The molecule has 0 radical (unpaired) electrons. The smallest absolute Gasteiger partial charge is 0.0971 e. The highest BCUT2D eigenvalue weighted by molar-refractivity contribution is 6.40. The molecule has 14 rings (SSSR count). The normalized spacial score (nSPS) is 11.9. The molecule has 0 atom stereocenters. The van der Waals surface area contributed by atoms with Gasteiger partial charge in [-0.15, -0.1) is 0 Å². The molecule has 0 spiro atoms. The van der Waals surface area contributed by atoms with Gasteiger partial charge < -0.3 is 0 Å². The Hall–Kier alpha value is -7.42. The molecule has 14 aromatic rings. The van der Waals surface area contributed by atoms with Crippen molar-refractivity contribution in [2.24, 2.45) is 0 Å². The van der Waals surface area contributed by atoms with Gasteiger partial charge in [0, 0.05) is 23.2 Å². The Balaban J connectivity index is 1.55. The van der Waals surface area contributed by atoms with Gasteiger partial charge in [0.2, 0.25) is 0 Å². The first kappa shape index (κ1) is 31.0. The van der Waals surface area contributed by atoms with E-state index in [0.717, 1.165) is 32.6 Å². The lowest BCUT2D eigenvalue weighted by atomic mass is 9.88. The summed E-state index contributed by atoms with van der Waals surface area (Å²) in [5, 5.41) is 23.9. The summed E-state index contributed by atoms with van der Waals surface area (Å²) < 4.78 is 0. The average Bonchev–Trinajstić information content (AvgIpc) is 3.27. The van der Waals surface area contributed by atoms with Crippen molar-refractivity contribution >= 4 is 119 Å². The van der Waals surface area contributed by atoms with Crippen molar-refractivity contribution in [3.63, 3.8) is 0 Å². The second kappa shape index (κ2) is 12.0. The van der Waals surface area contributed by atoms with E-state index >= 15 is 0 Å². The van der Waals surface area contributed by atoms with Crippen LogP contribution in [-0.2, 0) is 0 Å². The average molecular weight is 709 g/mol. The molecule has 0 amide bonds. The number of nitrogens with zero attached hydrogens (tertiary/aromatic N) is 2. The van der Waals surface area contributed by atoms with Crippen LogP contribution in [0.4, 0.5) is 0 Å². The number of aromatic nitrogens is 2. The molecule has 0 saturated carbocycles. The molecule has 1 heterocycles. The Morgan fingerprint density at radius 3 is 0.571 bits per heavy atom. The number of rotatable bonds is 0. The molecule has 0 fully saturated rings. The molecule has 56 heavy (non-hydrogen) atoms. The fourth-order valence-electron chi connectivity index (χ4n) is 9.70. The molecule has 2 heteroatoms. The third-order valence-electron chi connectivity index (χ3n) is 11.9. The summed E-state index contributed by atoms with van der Waals surface area (Å²) in [5.41, 5.74) is 1.77. The van der Waals surface area contributed by atoms with E-state index in [0.29, 0.717) is 0 Å². The molecular formula is C54H32N2. The first-order valence-electron chi connectivity index (χ1n) is 19.2. The topological polar surface area (TPSA) is 25.8 Å². The van der Waals surface area contributed by atoms with Crippen molar-refractivity contribution < 1.29 is 0 Å². The van der Waals surface area contributed by atoms with Crippen molar-refractivity contribution in [1.82, 2.24) is 9.97 Å². The van der Waals surface area contributed by atoms with Gasteiger partial charge in [-0.25, -0.2) is 0 Å². The summed E-state index contributed by atoms with van der Waals surface area (Å²) in [5.74, 6) is 0. The van der Waals surface area contributed by atoms with E-state index in [1.54, 1.807) is 0 Å². The first-order valence-corrected chi connectivity index (χ1v) is 19.2. The Labute approximate surface area is 321 Å². The van der Waals surface area contributed by atoms with Crippen molar-refractivity contribution in [3.05, 3.63) is 194 Å². The van der Waals surface area contributed by atoms with Crippen LogP contribution >= 0.6 is 0 Å². The SMILES string of the molecule is c1ccc2c(c1)c1ccc(c3ccccc3c3c4ccccc4c(c4ccccc43)c3ccccc3c3c4ccccc4c2c2ccccc23)c2nccnc12. The zero-order chi connectivity index (χ0) is 36.7. The van der Waals surface area contributed by atoms with Crippen LogP contribution < -0.4 is 0 Å². The molecule has 1 aromatic heterocycles. The summed E-state index contributed by atoms with van der Waals surface area (Å²) in [6.07, 6.45) is 3.65. The maximum Gasteiger partial charge on any atom is 0.0971 e. The molecule has 0 aliphatic rings. The standard InChI is InChI=1S/C54H32N2/c1-3-17-35-33(15-1)47-29-30-48(54-53(47)55-31-32-56-54)34-16-2-4-18-36(34)50-39-21-7-11-25-43(39)52(44-26-12-8-22-40(44)50)46-28-14-13-27-45(46)51-41-23-9-5-19-37(41)49(35)38-20-6-10-24-42(38)51/h1-32H. The van der Waals surface area contributed by atoms with E-state index in [9.17, 15) is 0 Å². The maximum absolute atomic E-state index is 5.10. The molecule has 0 aliphatic heterocycles. The lowest BCUT2D eigenvalue weighted by Crippen LogP contribution is -1.88. The number of hydrogen-bond donors (Lipinski definition) is 0. The summed E-state index contributed by atoms with van der Waals surface area (Å²) in [7, 11) is 0. The van der Waals surface area contributed by atoms with Gasteiger partial charge in [0.25, 0.3) is 0 Å². The molecule has 0 saturated heterocycles. The summed E-state index contributed by atoms with van der Waals surface area (Å²) in [6, 6.07) is 67.1. The van der Waals surface area contributed by atoms with E-state index in [2.05, 4.69) is 182 Å². The van der Waals surface area contributed by atoms with Crippen molar-refractivity contribution in [1.29, 1.82) is 0 Å². The lowest BCUT2D eigenvalue weighted by Gasteiger charge is -2.15. The second-order valence-corrected chi connectivity index (χ2v) is 14.7. The molecule has 13 aromatic carbocycles. The summed E-state index contributed by atoms with van der Waals surface area (Å²) >= 11 is 0. The predicted octanol–water partition coefficient (Wildman–Crippen LogP) is 14.8.